The highest BCUT2D eigenvalue weighted by atomic mass is 79.9. The van der Waals surface area contributed by atoms with E-state index in [-0.39, 0.29) is 6.04 Å². The largest absolute Gasteiger partial charge is 0.322 e. The molecule has 0 saturated heterocycles. The average molecular weight is 323 g/mol. The first-order valence-electron chi connectivity index (χ1n) is 6.14. The van der Waals surface area contributed by atoms with E-state index >= 15 is 0 Å². The van der Waals surface area contributed by atoms with E-state index in [2.05, 4.69) is 35.0 Å². The molecule has 1 aliphatic carbocycles. The van der Waals surface area contributed by atoms with E-state index < -0.39 is 0 Å². The van der Waals surface area contributed by atoms with Gasteiger partial charge >= 0.3 is 0 Å². The number of aromatic nitrogens is 1. The van der Waals surface area contributed by atoms with Gasteiger partial charge in [-0.1, -0.05) is 28.1 Å². The Kier molecular flexibility index (Phi) is 3.26. The number of aryl methyl sites for hydroxylation is 1. The summed E-state index contributed by atoms with van der Waals surface area (Å²) in [6.07, 6.45) is 2.51. The first kappa shape index (κ1) is 12.3. The molecule has 3 rings (SSSR count). The Morgan fingerprint density at radius 3 is 2.89 bits per heavy atom. The molecule has 1 aliphatic rings. The predicted octanol–water partition coefficient (Wildman–Crippen LogP) is 4.29. The molecule has 1 unspecified atom stereocenters. The maximum absolute atomic E-state index is 6.23. The van der Waals surface area contributed by atoms with Crippen LogP contribution in [0.4, 0.5) is 0 Å². The van der Waals surface area contributed by atoms with Gasteiger partial charge in [0.1, 0.15) is 5.01 Å². The Balaban J connectivity index is 1.97. The van der Waals surface area contributed by atoms with Gasteiger partial charge in [0.15, 0.2) is 0 Å². The van der Waals surface area contributed by atoms with Crippen LogP contribution in [0.2, 0.25) is 0 Å². The Hall–Kier alpha value is -0.710. The van der Waals surface area contributed by atoms with Crippen molar-refractivity contribution in [3.05, 3.63) is 38.6 Å². The summed E-state index contributed by atoms with van der Waals surface area (Å²) in [5.41, 5.74) is 8.47. The summed E-state index contributed by atoms with van der Waals surface area (Å²) >= 11 is 5.24. The number of nitrogens with two attached hydrogens (primary N) is 1. The minimum Gasteiger partial charge on any atom is -0.322 e. The summed E-state index contributed by atoms with van der Waals surface area (Å²) in [6, 6.07) is 8.41. The zero-order valence-electron chi connectivity index (χ0n) is 10.2. The predicted molar refractivity (Wildman–Crippen MR) is 79.6 cm³/mol. The topological polar surface area (TPSA) is 38.9 Å². The van der Waals surface area contributed by atoms with Gasteiger partial charge in [-0.15, -0.1) is 11.3 Å². The van der Waals surface area contributed by atoms with Crippen LogP contribution in [0, 0.1) is 12.8 Å². The summed E-state index contributed by atoms with van der Waals surface area (Å²) in [7, 11) is 0. The lowest BCUT2D eigenvalue weighted by atomic mass is 10.1. The number of hydrogen-bond donors (Lipinski definition) is 1. The van der Waals surface area contributed by atoms with Gasteiger partial charge in [0.2, 0.25) is 0 Å². The molecule has 1 heterocycles. The highest BCUT2D eigenvalue weighted by Crippen LogP contribution is 2.42. The van der Waals surface area contributed by atoms with Gasteiger partial charge in [-0.3, -0.25) is 0 Å². The third-order valence-corrected chi connectivity index (χ3v) is 4.89. The van der Waals surface area contributed by atoms with Crippen molar-refractivity contribution in [2.24, 2.45) is 11.7 Å². The molecule has 0 bridgehead atoms. The van der Waals surface area contributed by atoms with Gasteiger partial charge in [0, 0.05) is 14.9 Å². The molecule has 1 atom stereocenters. The van der Waals surface area contributed by atoms with Crippen molar-refractivity contribution < 1.29 is 0 Å². The summed E-state index contributed by atoms with van der Waals surface area (Å²) < 4.78 is 1.08. The highest BCUT2D eigenvalue weighted by molar-refractivity contribution is 9.10. The quantitative estimate of drug-likeness (QED) is 0.915. The molecular formula is C14H15BrN2S. The van der Waals surface area contributed by atoms with Crippen LogP contribution in [0.15, 0.2) is 28.7 Å². The van der Waals surface area contributed by atoms with E-state index in [1.54, 1.807) is 11.3 Å². The second-order valence-electron chi connectivity index (χ2n) is 4.83. The van der Waals surface area contributed by atoms with Crippen molar-refractivity contribution in [1.29, 1.82) is 0 Å². The van der Waals surface area contributed by atoms with Crippen molar-refractivity contribution >= 4 is 27.3 Å². The third kappa shape index (κ3) is 2.37. The molecule has 2 aromatic rings. The fourth-order valence-electron chi connectivity index (χ4n) is 2.12. The smallest absolute Gasteiger partial charge is 0.111 e. The maximum Gasteiger partial charge on any atom is 0.111 e. The Labute approximate surface area is 119 Å². The standard InChI is InChI=1S/C14H15BrN2S/c1-8-13(10-3-2-4-11(15)7-10)17-14(18-8)12(16)9-5-6-9/h2-4,7,9,12H,5-6,16H2,1H3. The van der Waals surface area contributed by atoms with Crippen molar-refractivity contribution in [3.8, 4) is 11.3 Å². The van der Waals surface area contributed by atoms with Crippen molar-refractivity contribution in [2.45, 2.75) is 25.8 Å². The van der Waals surface area contributed by atoms with Crippen LogP contribution in [0.25, 0.3) is 11.3 Å². The van der Waals surface area contributed by atoms with Crippen LogP contribution < -0.4 is 5.73 Å². The van der Waals surface area contributed by atoms with E-state index in [0.717, 1.165) is 20.7 Å². The Bertz CT molecular complexity index is 575. The summed E-state index contributed by atoms with van der Waals surface area (Å²) in [4.78, 5) is 6.00. The molecule has 4 heteroatoms. The molecule has 18 heavy (non-hydrogen) atoms. The van der Waals surface area contributed by atoms with Crippen LogP contribution >= 0.6 is 27.3 Å². The number of nitrogens with zero attached hydrogens (tertiary/aromatic N) is 1. The lowest BCUT2D eigenvalue weighted by Crippen LogP contribution is -2.11. The molecule has 0 radical (unpaired) electrons. The lowest BCUT2D eigenvalue weighted by Gasteiger charge is -2.04. The molecule has 2 N–H and O–H groups in total. The minimum atomic E-state index is 0.134. The molecule has 0 aliphatic heterocycles. The zero-order valence-corrected chi connectivity index (χ0v) is 12.6. The van der Waals surface area contributed by atoms with Crippen molar-refractivity contribution in [2.75, 3.05) is 0 Å². The molecule has 0 amide bonds. The van der Waals surface area contributed by atoms with E-state index in [1.165, 1.54) is 17.7 Å². The van der Waals surface area contributed by atoms with E-state index in [0.29, 0.717) is 5.92 Å². The summed E-state index contributed by atoms with van der Waals surface area (Å²) in [5.74, 6) is 0.658. The first-order valence-corrected chi connectivity index (χ1v) is 7.75. The number of thiazole rings is 1. The fraction of sp³-hybridized carbons (Fsp3) is 0.357. The normalized spacial score (nSPS) is 16.8. The van der Waals surface area contributed by atoms with Crippen LogP contribution in [0.5, 0.6) is 0 Å². The molecular weight excluding hydrogens is 308 g/mol. The van der Waals surface area contributed by atoms with Gasteiger partial charge < -0.3 is 5.73 Å². The number of benzene rings is 1. The van der Waals surface area contributed by atoms with Gasteiger partial charge in [0.25, 0.3) is 0 Å². The van der Waals surface area contributed by atoms with E-state index in [1.807, 2.05) is 12.1 Å². The SMILES string of the molecule is Cc1sc(C(N)C2CC2)nc1-c1cccc(Br)c1. The molecule has 1 aromatic heterocycles. The van der Waals surface area contributed by atoms with Gasteiger partial charge in [-0.25, -0.2) is 4.98 Å². The minimum absolute atomic E-state index is 0.134. The molecule has 2 nitrogen and oxygen atoms in total. The highest BCUT2D eigenvalue weighted by Gasteiger charge is 2.31. The van der Waals surface area contributed by atoms with Gasteiger partial charge in [-0.2, -0.15) is 0 Å². The molecule has 1 fully saturated rings. The van der Waals surface area contributed by atoms with E-state index in [9.17, 15) is 0 Å². The van der Waals surface area contributed by atoms with Crippen LogP contribution in [-0.4, -0.2) is 4.98 Å². The third-order valence-electron chi connectivity index (χ3n) is 3.33. The molecule has 1 aromatic carbocycles. The van der Waals surface area contributed by atoms with Crippen molar-refractivity contribution in [3.63, 3.8) is 0 Å². The number of halogens is 1. The first-order chi connectivity index (χ1) is 8.65. The Morgan fingerprint density at radius 2 is 2.22 bits per heavy atom. The van der Waals surface area contributed by atoms with E-state index in [4.69, 9.17) is 10.7 Å². The summed E-state index contributed by atoms with van der Waals surface area (Å²) in [5, 5.41) is 1.09. The van der Waals surface area contributed by atoms with Gasteiger partial charge in [0.05, 0.1) is 11.7 Å². The maximum atomic E-state index is 6.23. The van der Waals surface area contributed by atoms with Crippen LogP contribution in [0.1, 0.15) is 28.8 Å². The zero-order chi connectivity index (χ0) is 12.7. The number of hydrogen-bond acceptors (Lipinski definition) is 3. The Morgan fingerprint density at radius 1 is 1.44 bits per heavy atom. The molecule has 1 saturated carbocycles. The fourth-order valence-corrected chi connectivity index (χ4v) is 3.56. The lowest BCUT2D eigenvalue weighted by molar-refractivity contribution is 0.629. The monoisotopic (exact) mass is 322 g/mol. The van der Waals surface area contributed by atoms with Crippen molar-refractivity contribution in [1.82, 2.24) is 4.98 Å². The second kappa shape index (κ2) is 4.76. The van der Waals surface area contributed by atoms with Gasteiger partial charge in [-0.05, 0) is 37.8 Å². The molecule has 94 valence electrons. The number of rotatable bonds is 3. The second-order valence-corrected chi connectivity index (χ2v) is 6.98. The van der Waals surface area contributed by atoms with Crippen LogP contribution in [0.3, 0.4) is 0 Å². The molecule has 0 spiro atoms. The van der Waals surface area contributed by atoms with Crippen LogP contribution in [-0.2, 0) is 0 Å². The summed E-state index contributed by atoms with van der Waals surface area (Å²) in [6.45, 7) is 2.12. The average Bonchev–Trinajstić information content (AvgIpc) is 3.11.